The van der Waals surface area contributed by atoms with Gasteiger partial charge in [-0.05, 0) is 6.07 Å². The molecule has 0 fully saturated rings. The SMILES string of the molecule is Cn1ccnc1C(C#N)c1coc2ccccc12. The Hall–Kier alpha value is -2.54. The first-order valence-electron chi connectivity index (χ1n) is 5.64. The monoisotopic (exact) mass is 237 g/mol. The molecule has 0 N–H and O–H groups in total. The second-order valence-corrected chi connectivity index (χ2v) is 4.15. The lowest BCUT2D eigenvalue weighted by atomic mass is 9.99. The minimum atomic E-state index is -0.409. The van der Waals surface area contributed by atoms with Gasteiger partial charge in [0.25, 0.3) is 0 Å². The third-order valence-corrected chi connectivity index (χ3v) is 3.07. The fraction of sp³-hybridized carbons (Fsp3) is 0.143. The van der Waals surface area contributed by atoms with Crippen LogP contribution in [0.25, 0.3) is 11.0 Å². The van der Waals surface area contributed by atoms with E-state index in [1.54, 1.807) is 12.5 Å². The zero-order chi connectivity index (χ0) is 12.5. The number of nitrogens with zero attached hydrogens (tertiary/aromatic N) is 3. The molecule has 3 aromatic rings. The summed E-state index contributed by atoms with van der Waals surface area (Å²) in [5, 5.41) is 10.4. The van der Waals surface area contributed by atoms with Crippen molar-refractivity contribution in [3.05, 3.63) is 54.3 Å². The van der Waals surface area contributed by atoms with Gasteiger partial charge in [-0.15, -0.1) is 0 Å². The van der Waals surface area contributed by atoms with Gasteiger partial charge in [-0.25, -0.2) is 4.98 Å². The molecule has 0 aliphatic carbocycles. The number of para-hydroxylation sites is 1. The third kappa shape index (κ3) is 1.49. The highest BCUT2D eigenvalue weighted by Crippen LogP contribution is 2.30. The Bertz CT molecular complexity index is 733. The summed E-state index contributed by atoms with van der Waals surface area (Å²) in [5.41, 5.74) is 1.66. The van der Waals surface area contributed by atoms with Gasteiger partial charge in [-0.3, -0.25) is 0 Å². The van der Waals surface area contributed by atoms with Crippen molar-refractivity contribution in [1.29, 1.82) is 5.26 Å². The Balaban J connectivity index is 2.19. The van der Waals surface area contributed by atoms with Gasteiger partial charge in [-0.1, -0.05) is 18.2 Å². The van der Waals surface area contributed by atoms with Gasteiger partial charge >= 0.3 is 0 Å². The lowest BCUT2D eigenvalue weighted by Gasteiger charge is -2.07. The number of furan rings is 1. The summed E-state index contributed by atoms with van der Waals surface area (Å²) in [6.07, 6.45) is 5.18. The van der Waals surface area contributed by atoms with Crippen LogP contribution in [0.1, 0.15) is 17.3 Å². The fourth-order valence-electron chi connectivity index (χ4n) is 2.14. The third-order valence-electron chi connectivity index (χ3n) is 3.07. The maximum Gasteiger partial charge on any atom is 0.134 e. The summed E-state index contributed by atoms with van der Waals surface area (Å²) >= 11 is 0. The van der Waals surface area contributed by atoms with Gasteiger partial charge in [0.15, 0.2) is 0 Å². The first kappa shape index (κ1) is 10.6. The van der Waals surface area contributed by atoms with Crippen molar-refractivity contribution < 1.29 is 4.42 Å². The van der Waals surface area contributed by atoms with Crippen molar-refractivity contribution in [2.24, 2.45) is 7.05 Å². The van der Waals surface area contributed by atoms with Crippen LogP contribution in [0.4, 0.5) is 0 Å². The number of benzene rings is 1. The van der Waals surface area contributed by atoms with Crippen molar-refractivity contribution in [2.75, 3.05) is 0 Å². The van der Waals surface area contributed by atoms with E-state index in [-0.39, 0.29) is 0 Å². The van der Waals surface area contributed by atoms with E-state index in [9.17, 15) is 5.26 Å². The van der Waals surface area contributed by atoms with Crippen LogP contribution in [0.15, 0.2) is 47.3 Å². The molecular weight excluding hydrogens is 226 g/mol. The molecule has 1 atom stereocenters. The van der Waals surface area contributed by atoms with Gasteiger partial charge < -0.3 is 8.98 Å². The number of aromatic nitrogens is 2. The second-order valence-electron chi connectivity index (χ2n) is 4.15. The van der Waals surface area contributed by atoms with Crippen molar-refractivity contribution in [1.82, 2.24) is 9.55 Å². The molecular formula is C14H11N3O. The molecule has 3 rings (SSSR count). The first-order chi connectivity index (χ1) is 8.81. The summed E-state index contributed by atoms with van der Waals surface area (Å²) in [6.45, 7) is 0. The molecule has 88 valence electrons. The van der Waals surface area contributed by atoms with Gasteiger partial charge in [-0.2, -0.15) is 5.26 Å². The highest BCUT2D eigenvalue weighted by atomic mass is 16.3. The molecule has 0 amide bonds. The minimum absolute atomic E-state index is 0.409. The number of rotatable bonds is 2. The average Bonchev–Trinajstić information content (AvgIpc) is 2.99. The summed E-state index contributed by atoms with van der Waals surface area (Å²) in [7, 11) is 1.88. The molecule has 18 heavy (non-hydrogen) atoms. The number of fused-ring (bicyclic) bond motifs is 1. The number of hydrogen-bond acceptors (Lipinski definition) is 3. The minimum Gasteiger partial charge on any atom is -0.464 e. The molecule has 1 aromatic carbocycles. The molecule has 0 aliphatic rings. The van der Waals surface area contributed by atoms with E-state index in [1.165, 1.54) is 0 Å². The molecule has 0 saturated carbocycles. The molecule has 0 radical (unpaired) electrons. The van der Waals surface area contributed by atoms with Crippen LogP contribution in [0.5, 0.6) is 0 Å². The van der Waals surface area contributed by atoms with E-state index in [1.807, 2.05) is 42.1 Å². The van der Waals surface area contributed by atoms with E-state index < -0.39 is 5.92 Å². The molecule has 0 bridgehead atoms. The Kier molecular flexibility index (Phi) is 2.38. The second kappa shape index (κ2) is 4.04. The highest BCUT2D eigenvalue weighted by Gasteiger charge is 2.21. The van der Waals surface area contributed by atoms with Crippen molar-refractivity contribution in [3.8, 4) is 6.07 Å². The van der Waals surface area contributed by atoms with Gasteiger partial charge in [0.1, 0.15) is 17.3 Å². The average molecular weight is 237 g/mol. The quantitative estimate of drug-likeness (QED) is 0.688. The van der Waals surface area contributed by atoms with Crippen molar-refractivity contribution >= 4 is 11.0 Å². The Morgan fingerprint density at radius 1 is 1.39 bits per heavy atom. The van der Waals surface area contributed by atoms with Crippen LogP contribution in [-0.2, 0) is 7.05 Å². The molecule has 0 saturated heterocycles. The Morgan fingerprint density at radius 3 is 2.94 bits per heavy atom. The normalized spacial score (nSPS) is 12.4. The number of imidazole rings is 1. The topological polar surface area (TPSA) is 54.8 Å². The zero-order valence-electron chi connectivity index (χ0n) is 9.87. The summed E-state index contributed by atoms with van der Waals surface area (Å²) in [4.78, 5) is 4.25. The first-order valence-corrected chi connectivity index (χ1v) is 5.64. The maximum absolute atomic E-state index is 9.41. The molecule has 0 spiro atoms. The maximum atomic E-state index is 9.41. The lowest BCUT2D eigenvalue weighted by Crippen LogP contribution is -2.05. The van der Waals surface area contributed by atoms with Crippen molar-refractivity contribution in [2.45, 2.75) is 5.92 Å². The van der Waals surface area contributed by atoms with Gasteiger partial charge in [0.2, 0.25) is 0 Å². The van der Waals surface area contributed by atoms with E-state index >= 15 is 0 Å². The summed E-state index contributed by atoms with van der Waals surface area (Å²) in [6, 6.07) is 10.0. The standard InChI is InChI=1S/C14H11N3O/c1-17-7-6-16-14(17)11(8-15)12-9-18-13-5-3-2-4-10(12)13/h2-7,9,11H,1H3. The highest BCUT2D eigenvalue weighted by molar-refractivity contribution is 5.82. The number of aryl methyl sites for hydroxylation is 1. The zero-order valence-corrected chi connectivity index (χ0v) is 9.87. The molecule has 4 nitrogen and oxygen atoms in total. The van der Waals surface area contributed by atoms with Crippen LogP contribution in [0.3, 0.4) is 0 Å². The molecule has 2 aromatic heterocycles. The predicted octanol–water partition coefficient (Wildman–Crippen LogP) is 2.82. The summed E-state index contributed by atoms with van der Waals surface area (Å²) < 4.78 is 7.34. The van der Waals surface area contributed by atoms with E-state index in [0.717, 1.165) is 22.4 Å². The van der Waals surface area contributed by atoms with Gasteiger partial charge in [0, 0.05) is 30.4 Å². The summed E-state index contributed by atoms with van der Waals surface area (Å²) in [5.74, 6) is 0.317. The molecule has 2 heterocycles. The van der Waals surface area contributed by atoms with Crippen LogP contribution in [0.2, 0.25) is 0 Å². The molecule has 1 unspecified atom stereocenters. The Morgan fingerprint density at radius 2 is 2.22 bits per heavy atom. The fourth-order valence-corrected chi connectivity index (χ4v) is 2.14. The van der Waals surface area contributed by atoms with Crippen LogP contribution in [-0.4, -0.2) is 9.55 Å². The van der Waals surface area contributed by atoms with Gasteiger partial charge in [0.05, 0.1) is 12.3 Å². The Labute approximate surface area is 104 Å². The predicted molar refractivity (Wildman–Crippen MR) is 66.9 cm³/mol. The van der Waals surface area contributed by atoms with Crippen LogP contribution >= 0.6 is 0 Å². The van der Waals surface area contributed by atoms with E-state index in [0.29, 0.717) is 0 Å². The van der Waals surface area contributed by atoms with Crippen LogP contribution in [0, 0.1) is 11.3 Å². The van der Waals surface area contributed by atoms with E-state index in [4.69, 9.17) is 4.42 Å². The van der Waals surface area contributed by atoms with Crippen LogP contribution < -0.4 is 0 Å². The molecule has 4 heteroatoms. The number of hydrogen-bond donors (Lipinski definition) is 0. The number of nitriles is 1. The van der Waals surface area contributed by atoms with Crippen molar-refractivity contribution in [3.63, 3.8) is 0 Å². The lowest BCUT2D eigenvalue weighted by molar-refractivity contribution is 0.608. The van der Waals surface area contributed by atoms with E-state index in [2.05, 4.69) is 11.1 Å². The largest absolute Gasteiger partial charge is 0.464 e. The smallest absolute Gasteiger partial charge is 0.134 e. The molecule has 0 aliphatic heterocycles.